The van der Waals surface area contributed by atoms with Crippen LogP contribution in [0.3, 0.4) is 0 Å². The van der Waals surface area contributed by atoms with Crippen LogP contribution in [-0.2, 0) is 0 Å². The van der Waals surface area contributed by atoms with Crippen molar-refractivity contribution in [3.05, 3.63) is 42.0 Å². The first-order valence-electron chi connectivity index (χ1n) is 7.79. The molecule has 0 fully saturated rings. The molecule has 0 aromatic heterocycles. The van der Waals surface area contributed by atoms with Crippen LogP contribution in [-0.4, -0.2) is 12.1 Å². The molecule has 0 aliphatic carbocycles. The maximum atomic E-state index is 5.52. The lowest BCUT2D eigenvalue weighted by Crippen LogP contribution is -2.31. The van der Waals surface area contributed by atoms with E-state index < -0.39 is 0 Å². The number of hydrogen-bond donors (Lipinski definition) is 1. The summed E-state index contributed by atoms with van der Waals surface area (Å²) in [5.74, 6) is 0.940. The molecule has 2 rings (SSSR count). The van der Waals surface area contributed by atoms with Crippen molar-refractivity contribution in [1.82, 2.24) is 0 Å². The Morgan fingerprint density at radius 1 is 1.24 bits per heavy atom. The van der Waals surface area contributed by atoms with Crippen LogP contribution in [0.4, 0.5) is 5.69 Å². The fourth-order valence-electron chi connectivity index (χ4n) is 2.45. The fourth-order valence-corrected chi connectivity index (χ4v) is 2.45. The molecule has 2 nitrogen and oxygen atoms in total. The molecule has 0 saturated carbocycles. The number of fused-ring (bicyclic) bond motifs is 1. The van der Waals surface area contributed by atoms with Gasteiger partial charge in [0.1, 0.15) is 5.75 Å². The number of nitrogens with one attached hydrogen (secondary N) is 1. The van der Waals surface area contributed by atoms with Crippen molar-refractivity contribution in [2.75, 3.05) is 11.9 Å². The molecule has 1 aromatic carbocycles. The lowest BCUT2D eigenvalue weighted by molar-refractivity contribution is 0.340. The van der Waals surface area contributed by atoms with Crippen LogP contribution in [0.25, 0.3) is 5.57 Å². The molecule has 0 radical (unpaired) electrons. The summed E-state index contributed by atoms with van der Waals surface area (Å²) < 4.78 is 5.52. The van der Waals surface area contributed by atoms with E-state index in [9.17, 15) is 0 Å². The lowest BCUT2D eigenvalue weighted by atomic mass is 9.91. The van der Waals surface area contributed by atoms with Crippen LogP contribution >= 0.6 is 0 Å². The Bertz CT molecular complexity index is 512. The van der Waals surface area contributed by atoms with E-state index in [2.05, 4.69) is 63.4 Å². The van der Waals surface area contributed by atoms with Crippen molar-refractivity contribution in [2.45, 2.75) is 53.5 Å². The summed E-state index contributed by atoms with van der Waals surface area (Å²) >= 11 is 0. The second kappa shape index (κ2) is 7.92. The summed E-state index contributed by atoms with van der Waals surface area (Å²) in [4.78, 5) is 0. The first-order chi connectivity index (χ1) is 9.93. The van der Waals surface area contributed by atoms with Crippen molar-refractivity contribution in [1.29, 1.82) is 0 Å². The molecular weight excluding hydrogens is 258 g/mol. The Labute approximate surface area is 129 Å². The van der Waals surface area contributed by atoms with Gasteiger partial charge < -0.3 is 10.1 Å². The topological polar surface area (TPSA) is 21.3 Å². The molecule has 0 atom stereocenters. The van der Waals surface area contributed by atoms with Crippen LogP contribution in [0.15, 0.2) is 36.4 Å². The standard InChI is InChI=1S/C14H19NO.C5H10/c1-5-16-11-6-7-13-12(8-11)10(2)9-14(3,4)15-13;1-3-5-4-2/h6-9,15H,5H2,1-4H3;3,5H,4H2,1-2H3. The molecule has 0 amide bonds. The molecule has 2 heteroatoms. The number of benzene rings is 1. The van der Waals surface area contributed by atoms with Crippen LogP contribution in [0.2, 0.25) is 0 Å². The van der Waals surface area contributed by atoms with Crippen molar-refractivity contribution >= 4 is 11.3 Å². The van der Waals surface area contributed by atoms with Gasteiger partial charge in [-0.15, -0.1) is 0 Å². The van der Waals surface area contributed by atoms with Crippen molar-refractivity contribution in [3.8, 4) is 5.75 Å². The third-order valence-electron chi connectivity index (χ3n) is 3.23. The van der Waals surface area contributed by atoms with Crippen LogP contribution < -0.4 is 10.1 Å². The molecule has 1 aromatic rings. The van der Waals surface area contributed by atoms with Crippen molar-refractivity contribution < 1.29 is 4.74 Å². The highest BCUT2D eigenvalue weighted by atomic mass is 16.5. The summed E-state index contributed by atoms with van der Waals surface area (Å²) in [6, 6.07) is 6.22. The summed E-state index contributed by atoms with van der Waals surface area (Å²) in [6.07, 6.45) is 7.60. The molecule has 0 unspecified atom stereocenters. The van der Waals surface area contributed by atoms with E-state index >= 15 is 0 Å². The minimum absolute atomic E-state index is 0.0320. The van der Waals surface area contributed by atoms with Crippen molar-refractivity contribution in [2.24, 2.45) is 0 Å². The summed E-state index contributed by atoms with van der Waals surface area (Å²) in [6.45, 7) is 13.4. The van der Waals surface area contributed by atoms with Gasteiger partial charge in [-0.25, -0.2) is 0 Å². The zero-order valence-electron chi connectivity index (χ0n) is 14.3. The predicted octanol–water partition coefficient (Wildman–Crippen LogP) is 5.67. The summed E-state index contributed by atoms with van der Waals surface area (Å²) in [7, 11) is 0. The third-order valence-corrected chi connectivity index (χ3v) is 3.23. The largest absolute Gasteiger partial charge is 0.494 e. The van der Waals surface area contributed by atoms with Gasteiger partial charge in [-0.05, 0) is 64.8 Å². The predicted molar refractivity (Wildman–Crippen MR) is 94.1 cm³/mol. The van der Waals surface area contributed by atoms with E-state index in [1.807, 2.05) is 19.9 Å². The lowest BCUT2D eigenvalue weighted by Gasteiger charge is -2.31. The average Bonchev–Trinajstić information content (AvgIpc) is 2.40. The SMILES string of the molecule is CC=CCC.CCOc1ccc2c(c1)C(C)=CC(C)(C)N2. The Kier molecular flexibility index (Phi) is 6.54. The smallest absolute Gasteiger partial charge is 0.120 e. The van der Waals surface area contributed by atoms with E-state index in [1.54, 1.807) is 0 Å². The van der Waals surface area contributed by atoms with Gasteiger partial charge in [0, 0.05) is 11.3 Å². The van der Waals surface area contributed by atoms with Gasteiger partial charge in [-0.2, -0.15) is 0 Å². The average molecular weight is 287 g/mol. The van der Waals surface area contributed by atoms with E-state index in [0.717, 1.165) is 12.2 Å². The van der Waals surface area contributed by atoms with Crippen molar-refractivity contribution in [3.63, 3.8) is 0 Å². The number of ether oxygens (including phenoxy) is 1. The molecule has 1 aliphatic rings. The van der Waals surface area contributed by atoms with E-state index in [0.29, 0.717) is 6.61 Å². The molecule has 1 aliphatic heterocycles. The van der Waals surface area contributed by atoms with E-state index in [4.69, 9.17) is 4.74 Å². The first-order valence-corrected chi connectivity index (χ1v) is 7.79. The summed E-state index contributed by atoms with van der Waals surface area (Å²) in [5, 5.41) is 3.50. The third kappa shape index (κ3) is 5.30. The normalized spacial score (nSPS) is 15.4. The quantitative estimate of drug-likeness (QED) is 0.724. The Morgan fingerprint density at radius 2 is 1.95 bits per heavy atom. The molecule has 116 valence electrons. The van der Waals surface area contributed by atoms with Gasteiger partial charge in [-0.3, -0.25) is 0 Å². The van der Waals surface area contributed by atoms with Crippen LogP contribution in [0.5, 0.6) is 5.75 Å². The molecule has 0 bridgehead atoms. The fraction of sp³-hybridized carbons (Fsp3) is 0.474. The van der Waals surface area contributed by atoms with Gasteiger partial charge >= 0.3 is 0 Å². The minimum Gasteiger partial charge on any atom is -0.494 e. The molecule has 1 heterocycles. The Morgan fingerprint density at radius 3 is 2.48 bits per heavy atom. The zero-order valence-corrected chi connectivity index (χ0v) is 14.3. The zero-order chi connectivity index (χ0) is 15.9. The molecular formula is C19H29NO. The molecule has 0 saturated heterocycles. The number of allylic oxidation sites excluding steroid dienone is 3. The van der Waals surface area contributed by atoms with Gasteiger partial charge in [0.25, 0.3) is 0 Å². The van der Waals surface area contributed by atoms with Gasteiger partial charge in [-0.1, -0.05) is 25.2 Å². The second-order valence-electron chi connectivity index (χ2n) is 5.79. The van der Waals surface area contributed by atoms with Gasteiger partial charge in [0.05, 0.1) is 12.1 Å². The highest BCUT2D eigenvalue weighted by molar-refractivity contribution is 5.80. The first kappa shape index (κ1) is 17.4. The Balaban J connectivity index is 0.000000383. The summed E-state index contributed by atoms with van der Waals surface area (Å²) in [5.41, 5.74) is 3.77. The second-order valence-corrected chi connectivity index (χ2v) is 5.79. The van der Waals surface area contributed by atoms with Crippen LogP contribution in [0.1, 0.15) is 53.5 Å². The van der Waals surface area contributed by atoms with Gasteiger partial charge in [0.15, 0.2) is 0 Å². The maximum absolute atomic E-state index is 5.52. The van der Waals surface area contributed by atoms with Crippen LogP contribution in [0, 0.1) is 0 Å². The monoisotopic (exact) mass is 287 g/mol. The molecule has 1 N–H and O–H groups in total. The minimum atomic E-state index is 0.0320. The molecule has 21 heavy (non-hydrogen) atoms. The molecule has 0 spiro atoms. The maximum Gasteiger partial charge on any atom is 0.120 e. The van der Waals surface area contributed by atoms with E-state index in [1.165, 1.54) is 16.8 Å². The highest BCUT2D eigenvalue weighted by Crippen LogP contribution is 2.35. The van der Waals surface area contributed by atoms with Gasteiger partial charge in [0.2, 0.25) is 0 Å². The van der Waals surface area contributed by atoms with E-state index in [-0.39, 0.29) is 5.54 Å². The highest BCUT2D eigenvalue weighted by Gasteiger charge is 2.22. The number of hydrogen-bond acceptors (Lipinski definition) is 2. The number of rotatable bonds is 3. The number of anilines is 1. The Hall–Kier alpha value is -1.70.